The first-order valence-electron chi connectivity index (χ1n) is 5.63. The van der Waals surface area contributed by atoms with Crippen molar-refractivity contribution in [2.45, 2.75) is 32.2 Å². The molecule has 1 aromatic rings. The maximum Gasteiger partial charge on any atom is 0.276 e. The van der Waals surface area contributed by atoms with Gasteiger partial charge in [-0.2, -0.15) is 10.4 Å². The number of aryl methyl sites for hydroxylation is 1. The number of nitrogens with zero attached hydrogens (tertiary/aromatic N) is 3. The number of nitrogen functional groups attached to an aromatic ring is 1. The molecule has 1 amide bonds. The third-order valence-corrected chi connectivity index (χ3v) is 2.91. The average Bonchev–Trinajstić information content (AvgIpc) is 3.08. The summed E-state index contributed by atoms with van der Waals surface area (Å²) < 4.78 is 0. The van der Waals surface area contributed by atoms with Gasteiger partial charge in [0.05, 0.1) is 23.9 Å². The minimum absolute atomic E-state index is 0.176. The van der Waals surface area contributed by atoms with Crippen molar-refractivity contribution in [1.29, 1.82) is 5.26 Å². The van der Waals surface area contributed by atoms with Gasteiger partial charge in [-0.15, -0.1) is 0 Å². The normalized spacial score (nSPS) is 14.4. The molecule has 0 spiro atoms. The highest BCUT2D eigenvalue weighted by molar-refractivity contribution is 5.97. The molecule has 1 aromatic heterocycles. The van der Waals surface area contributed by atoms with Crippen molar-refractivity contribution in [3.63, 3.8) is 0 Å². The largest absolute Gasteiger partial charge is 0.395 e. The summed E-state index contributed by atoms with van der Waals surface area (Å²) in [5, 5.41) is 15.2. The van der Waals surface area contributed by atoms with Gasteiger partial charge in [0.15, 0.2) is 5.69 Å². The first kappa shape index (κ1) is 11.5. The first-order valence-corrected chi connectivity index (χ1v) is 5.63. The Morgan fingerprint density at radius 3 is 2.88 bits per heavy atom. The predicted molar refractivity (Wildman–Crippen MR) is 62.0 cm³/mol. The Kier molecular flexibility index (Phi) is 3.00. The second-order valence-corrected chi connectivity index (χ2v) is 4.25. The number of nitrogens with two attached hydrogens (primary N) is 1. The molecule has 0 atom stereocenters. The van der Waals surface area contributed by atoms with E-state index in [1.54, 1.807) is 11.8 Å². The number of rotatable bonds is 4. The number of anilines is 1. The van der Waals surface area contributed by atoms with Crippen molar-refractivity contribution in [1.82, 2.24) is 15.1 Å². The van der Waals surface area contributed by atoms with E-state index in [-0.39, 0.29) is 17.6 Å². The van der Waals surface area contributed by atoms with Crippen molar-refractivity contribution in [3.05, 3.63) is 11.4 Å². The van der Waals surface area contributed by atoms with E-state index in [0.29, 0.717) is 24.3 Å². The predicted octanol–water partition coefficient (Wildman–Crippen LogP) is 0.819. The Balaban J connectivity index is 2.16. The van der Waals surface area contributed by atoms with Crippen LogP contribution in [-0.4, -0.2) is 33.6 Å². The zero-order valence-electron chi connectivity index (χ0n) is 9.73. The lowest BCUT2D eigenvalue weighted by molar-refractivity contribution is 0.0742. The highest BCUT2D eigenvalue weighted by Crippen LogP contribution is 2.29. The van der Waals surface area contributed by atoms with Crippen molar-refractivity contribution in [3.8, 4) is 6.07 Å². The van der Waals surface area contributed by atoms with Gasteiger partial charge in [0, 0.05) is 12.6 Å². The van der Waals surface area contributed by atoms with Crippen LogP contribution in [0, 0.1) is 18.3 Å². The molecule has 1 aliphatic rings. The lowest BCUT2D eigenvalue weighted by Gasteiger charge is -2.20. The Hall–Kier alpha value is -2.03. The first-order chi connectivity index (χ1) is 8.15. The van der Waals surface area contributed by atoms with Crippen molar-refractivity contribution in [2.24, 2.45) is 0 Å². The van der Waals surface area contributed by atoms with Crippen LogP contribution in [0.3, 0.4) is 0 Å². The molecule has 6 heteroatoms. The van der Waals surface area contributed by atoms with Crippen molar-refractivity contribution >= 4 is 11.6 Å². The number of nitrogens with one attached hydrogen (secondary N) is 1. The number of aromatic nitrogens is 2. The van der Waals surface area contributed by atoms with Gasteiger partial charge in [0.1, 0.15) is 0 Å². The quantitative estimate of drug-likeness (QED) is 0.804. The van der Waals surface area contributed by atoms with Gasteiger partial charge in [0.2, 0.25) is 0 Å². The molecule has 0 unspecified atom stereocenters. The standard InChI is InChI=1S/C11H15N5O/c1-7-9(13)10(15-14-7)11(17)16(6-2-5-12)8-3-4-8/h8H,2-4,6,13H2,1H3,(H,14,15). The maximum absolute atomic E-state index is 12.2. The number of amides is 1. The molecular weight excluding hydrogens is 218 g/mol. The molecule has 0 bridgehead atoms. The van der Waals surface area contributed by atoms with Gasteiger partial charge in [-0.25, -0.2) is 0 Å². The molecule has 0 saturated heterocycles. The van der Waals surface area contributed by atoms with Gasteiger partial charge in [0.25, 0.3) is 5.91 Å². The van der Waals surface area contributed by atoms with Crippen LogP contribution in [0.1, 0.15) is 35.4 Å². The van der Waals surface area contributed by atoms with E-state index in [4.69, 9.17) is 11.0 Å². The molecule has 1 fully saturated rings. The van der Waals surface area contributed by atoms with Crippen LogP contribution in [0.15, 0.2) is 0 Å². The number of carbonyl (C=O) groups is 1. The second-order valence-electron chi connectivity index (χ2n) is 4.25. The number of H-pyrrole nitrogens is 1. The van der Waals surface area contributed by atoms with Crippen LogP contribution in [0.2, 0.25) is 0 Å². The Morgan fingerprint density at radius 2 is 2.41 bits per heavy atom. The van der Waals surface area contributed by atoms with Gasteiger partial charge >= 0.3 is 0 Å². The smallest absolute Gasteiger partial charge is 0.276 e. The number of hydrogen-bond donors (Lipinski definition) is 2. The SMILES string of the molecule is Cc1[nH]nc(C(=O)N(CCC#N)C2CC2)c1N. The fourth-order valence-electron chi connectivity index (χ4n) is 1.74. The summed E-state index contributed by atoms with van der Waals surface area (Å²) in [5.74, 6) is -0.176. The van der Waals surface area contributed by atoms with E-state index in [2.05, 4.69) is 16.3 Å². The van der Waals surface area contributed by atoms with Gasteiger partial charge in [-0.1, -0.05) is 0 Å². The molecule has 17 heavy (non-hydrogen) atoms. The molecule has 1 aliphatic carbocycles. The number of nitriles is 1. The van der Waals surface area contributed by atoms with E-state index in [1.165, 1.54) is 0 Å². The summed E-state index contributed by atoms with van der Waals surface area (Å²) in [6.45, 7) is 2.22. The number of hydrogen-bond acceptors (Lipinski definition) is 4. The lowest BCUT2D eigenvalue weighted by atomic mass is 10.2. The van der Waals surface area contributed by atoms with E-state index in [1.807, 2.05) is 0 Å². The molecular formula is C11H15N5O. The third kappa shape index (κ3) is 2.23. The Bertz CT molecular complexity index is 469. The van der Waals surface area contributed by atoms with Crippen LogP contribution < -0.4 is 5.73 Å². The molecule has 0 radical (unpaired) electrons. The van der Waals surface area contributed by atoms with Crippen molar-refractivity contribution in [2.75, 3.05) is 12.3 Å². The van der Waals surface area contributed by atoms with Crippen LogP contribution >= 0.6 is 0 Å². The van der Waals surface area contributed by atoms with E-state index in [9.17, 15) is 4.79 Å². The van der Waals surface area contributed by atoms with E-state index in [0.717, 1.165) is 12.8 Å². The Labute approximate surface area is 99.4 Å². The van der Waals surface area contributed by atoms with Crippen LogP contribution in [-0.2, 0) is 0 Å². The fourth-order valence-corrected chi connectivity index (χ4v) is 1.74. The molecule has 3 N–H and O–H groups in total. The zero-order valence-corrected chi connectivity index (χ0v) is 9.73. The van der Waals surface area contributed by atoms with E-state index < -0.39 is 0 Å². The number of carbonyl (C=O) groups excluding carboxylic acids is 1. The maximum atomic E-state index is 12.2. The molecule has 90 valence electrons. The second kappa shape index (κ2) is 4.45. The van der Waals surface area contributed by atoms with Crippen LogP contribution in [0.4, 0.5) is 5.69 Å². The highest BCUT2D eigenvalue weighted by atomic mass is 16.2. The van der Waals surface area contributed by atoms with Crippen LogP contribution in [0.25, 0.3) is 0 Å². The summed E-state index contributed by atoms with van der Waals surface area (Å²) >= 11 is 0. The van der Waals surface area contributed by atoms with Crippen LogP contribution in [0.5, 0.6) is 0 Å². The summed E-state index contributed by atoms with van der Waals surface area (Å²) in [7, 11) is 0. The monoisotopic (exact) mass is 233 g/mol. The van der Waals surface area contributed by atoms with Gasteiger partial charge in [-0.3, -0.25) is 9.89 Å². The molecule has 2 rings (SSSR count). The minimum atomic E-state index is -0.176. The fraction of sp³-hybridized carbons (Fsp3) is 0.545. The summed E-state index contributed by atoms with van der Waals surface area (Å²) in [4.78, 5) is 13.9. The summed E-state index contributed by atoms with van der Waals surface area (Å²) in [5.41, 5.74) is 7.15. The highest BCUT2D eigenvalue weighted by Gasteiger charge is 2.34. The zero-order chi connectivity index (χ0) is 12.4. The average molecular weight is 233 g/mol. The van der Waals surface area contributed by atoms with E-state index >= 15 is 0 Å². The van der Waals surface area contributed by atoms with Crippen molar-refractivity contribution < 1.29 is 4.79 Å². The van der Waals surface area contributed by atoms with Gasteiger partial charge < -0.3 is 10.6 Å². The lowest BCUT2D eigenvalue weighted by Crippen LogP contribution is -2.34. The molecule has 6 nitrogen and oxygen atoms in total. The molecule has 1 saturated carbocycles. The topological polar surface area (TPSA) is 98.8 Å². The minimum Gasteiger partial charge on any atom is -0.395 e. The summed E-state index contributed by atoms with van der Waals surface area (Å²) in [6, 6.07) is 2.31. The number of aromatic amines is 1. The molecule has 0 aliphatic heterocycles. The third-order valence-electron chi connectivity index (χ3n) is 2.91. The summed E-state index contributed by atoms with van der Waals surface area (Å²) in [6.07, 6.45) is 2.34. The molecule has 1 heterocycles. The molecule has 0 aromatic carbocycles. The van der Waals surface area contributed by atoms with Gasteiger partial charge in [-0.05, 0) is 19.8 Å². The Morgan fingerprint density at radius 1 is 1.71 bits per heavy atom.